The summed E-state index contributed by atoms with van der Waals surface area (Å²) in [6, 6.07) is 0. The maximum Gasteiger partial charge on any atom is 0.0757 e. The highest BCUT2D eigenvalue weighted by Gasteiger charge is 2.63. The van der Waals surface area contributed by atoms with Crippen molar-refractivity contribution in [3.05, 3.63) is 23.3 Å². The van der Waals surface area contributed by atoms with E-state index in [9.17, 15) is 30.6 Å². The van der Waals surface area contributed by atoms with Crippen LogP contribution in [0.15, 0.2) is 23.3 Å². The van der Waals surface area contributed by atoms with Crippen molar-refractivity contribution in [3.63, 3.8) is 0 Å². The fraction of sp³-hybridized carbons (Fsp3) is 0.926. The summed E-state index contributed by atoms with van der Waals surface area (Å²) in [6.45, 7) is 19.8. The first-order valence-corrected chi connectivity index (χ1v) is 25.8. The average molecular weight is 837 g/mol. The van der Waals surface area contributed by atoms with E-state index in [0.29, 0.717) is 71.4 Å². The van der Waals surface area contributed by atoms with Crippen molar-refractivity contribution in [1.82, 2.24) is 0 Å². The molecule has 0 aliphatic heterocycles. The van der Waals surface area contributed by atoms with Crippen LogP contribution in [0, 0.1) is 92.7 Å². The van der Waals surface area contributed by atoms with Gasteiger partial charge in [0.25, 0.3) is 0 Å². The molecule has 6 N–H and O–H groups in total. The number of fused-ring (bicyclic) bond motifs is 10. The Balaban J connectivity index is 0.000000181. The second-order valence-electron chi connectivity index (χ2n) is 24.4. The van der Waals surface area contributed by atoms with Crippen LogP contribution in [-0.2, 0) is 0 Å². The van der Waals surface area contributed by atoms with Gasteiger partial charge in [-0.2, -0.15) is 0 Å². The molecule has 0 aromatic heterocycles. The van der Waals surface area contributed by atoms with Gasteiger partial charge in [-0.15, -0.1) is 0 Å². The number of aliphatic hydroxyl groups is 6. The molecule has 6 saturated carbocycles. The SMILES string of the molecule is CC(CO)CCCC(C)[C@H]1CC[C@H]2[C@@H]3[C@H](O)C=C4C[C@@H](O)CC[C@]4(C)[C@H]3CC[C@]12C.CC(CO)CCCC(C)[C@H]1CC[C@H]2[C@@H]3[C@H](O)C=C4C[C@@H](O)CC[C@]4(C)[C@H]3CC[C@]12C. The average Bonchev–Trinajstić information content (AvgIpc) is 3.76. The first-order valence-electron chi connectivity index (χ1n) is 25.8. The highest BCUT2D eigenvalue weighted by atomic mass is 16.3. The zero-order chi connectivity index (χ0) is 43.4. The highest BCUT2D eigenvalue weighted by molar-refractivity contribution is 5.29. The fourth-order valence-corrected chi connectivity index (χ4v) is 17.4. The van der Waals surface area contributed by atoms with Gasteiger partial charge in [0.1, 0.15) is 0 Å². The van der Waals surface area contributed by atoms with Crippen LogP contribution in [-0.4, -0.2) is 68.3 Å². The van der Waals surface area contributed by atoms with Crippen LogP contribution in [0.5, 0.6) is 0 Å². The van der Waals surface area contributed by atoms with Crippen LogP contribution < -0.4 is 0 Å². The third kappa shape index (κ3) is 8.58. The largest absolute Gasteiger partial charge is 0.396 e. The Bertz CT molecular complexity index is 1400. The minimum absolute atomic E-state index is 0.189. The number of hydrogen-bond acceptors (Lipinski definition) is 6. The molecule has 344 valence electrons. The van der Waals surface area contributed by atoms with Gasteiger partial charge in [0, 0.05) is 13.2 Å². The van der Waals surface area contributed by atoms with Crippen LogP contribution in [0.25, 0.3) is 0 Å². The third-order valence-corrected chi connectivity index (χ3v) is 21.1. The molecule has 6 nitrogen and oxygen atoms in total. The minimum atomic E-state index is -0.326. The second kappa shape index (κ2) is 18.6. The maximum atomic E-state index is 11.3. The van der Waals surface area contributed by atoms with Gasteiger partial charge in [0.15, 0.2) is 0 Å². The molecule has 4 unspecified atom stereocenters. The molecular weight excluding hydrogens is 745 g/mol. The number of rotatable bonds is 12. The summed E-state index contributed by atoms with van der Waals surface area (Å²) in [5, 5.41) is 61.6. The monoisotopic (exact) mass is 837 g/mol. The van der Waals surface area contributed by atoms with Crippen molar-refractivity contribution in [2.45, 2.75) is 208 Å². The molecule has 0 heterocycles. The van der Waals surface area contributed by atoms with E-state index in [0.717, 1.165) is 75.0 Å². The fourth-order valence-electron chi connectivity index (χ4n) is 17.4. The van der Waals surface area contributed by atoms with E-state index in [4.69, 9.17) is 0 Å². The molecule has 0 aromatic rings. The molecule has 0 saturated heterocycles. The summed E-state index contributed by atoms with van der Waals surface area (Å²) in [6.07, 6.45) is 26.3. The van der Waals surface area contributed by atoms with Crippen molar-refractivity contribution >= 4 is 0 Å². The molecule has 8 aliphatic rings. The van der Waals surface area contributed by atoms with Crippen molar-refractivity contribution in [3.8, 4) is 0 Å². The molecule has 6 heteroatoms. The number of hydrogen-bond donors (Lipinski definition) is 6. The van der Waals surface area contributed by atoms with Crippen molar-refractivity contribution in [2.75, 3.05) is 13.2 Å². The first kappa shape index (κ1) is 47.2. The lowest BCUT2D eigenvalue weighted by atomic mass is 9.46. The molecule has 0 radical (unpaired) electrons. The third-order valence-electron chi connectivity index (χ3n) is 21.1. The second-order valence-corrected chi connectivity index (χ2v) is 24.4. The van der Waals surface area contributed by atoms with E-state index < -0.39 is 0 Å². The van der Waals surface area contributed by atoms with Gasteiger partial charge in [-0.25, -0.2) is 0 Å². The molecule has 6 fully saturated rings. The summed E-state index contributed by atoms with van der Waals surface area (Å²) in [4.78, 5) is 0. The van der Waals surface area contributed by atoms with Crippen LogP contribution in [0.1, 0.15) is 184 Å². The Morgan fingerprint density at radius 1 is 0.500 bits per heavy atom. The molecule has 8 aliphatic carbocycles. The van der Waals surface area contributed by atoms with E-state index >= 15 is 0 Å². The van der Waals surface area contributed by atoms with E-state index in [-0.39, 0.29) is 35.2 Å². The molecule has 60 heavy (non-hydrogen) atoms. The van der Waals surface area contributed by atoms with Crippen LogP contribution >= 0.6 is 0 Å². The maximum absolute atomic E-state index is 11.3. The predicted octanol–water partition coefficient (Wildman–Crippen LogP) is 10.7. The Morgan fingerprint density at radius 3 is 1.25 bits per heavy atom. The zero-order valence-electron chi connectivity index (χ0n) is 39.6. The quantitative estimate of drug-likeness (QED) is 0.109. The smallest absolute Gasteiger partial charge is 0.0757 e. The Kier molecular flexibility index (Phi) is 14.6. The van der Waals surface area contributed by atoms with Crippen LogP contribution in [0.2, 0.25) is 0 Å². The van der Waals surface area contributed by atoms with Gasteiger partial charge in [-0.3, -0.25) is 0 Å². The van der Waals surface area contributed by atoms with E-state index in [1.54, 1.807) is 0 Å². The van der Waals surface area contributed by atoms with Crippen molar-refractivity contribution in [1.29, 1.82) is 0 Å². The van der Waals surface area contributed by atoms with Crippen LogP contribution in [0.4, 0.5) is 0 Å². The van der Waals surface area contributed by atoms with Gasteiger partial charge >= 0.3 is 0 Å². The van der Waals surface area contributed by atoms with Gasteiger partial charge in [0.2, 0.25) is 0 Å². The Morgan fingerprint density at radius 2 is 0.883 bits per heavy atom. The molecular formula is C54H92O6. The lowest BCUT2D eigenvalue weighted by molar-refractivity contribution is -0.0971. The van der Waals surface area contributed by atoms with Crippen molar-refractivity contribution in [2.24, 2.45) is 92.7 Å². The van der Waals surface area contributed by atoms with Crippen molar-refractivity contribution < 1.29 is 30.6 Å². The summed E-state index contributed by atoms with van der Waals surface area (Å²) in [7, 11) is 0. The molecule has 20 atom stereocenters. The molecule has 0 spiro atoms. The standard InChI is InChI=1S/2C27H46O3/c2*1-17(16-28)6-5-7-18(2)21-8-9-22-25-23(11-13-27(21,22)4)26(3)12-10-20(29)14-19(26)15-24(25)30/h2*15,17-18,20-25,28-30H,5-14,16H2,1-4H3/t2*17?,18?,20-,21+,22-,23-,24+,25-,26-,27+/m00/s1. The zero-order valence-corrected chi connectivity index (χ0v) is 39.6. The number of aliphatic hydroxyl groups excluding tert-OH is 6. The van der Waals surface area contributed by atoms with E-state index in [1.807, 2.05) is 0 Å². The molecule has 0 bridgehead atoms. The molecule has 0 aromatic carbocycles. The van der Waals surface area contributed by atoms with Gasteiger partial charge in [-0.05, 0) is 195 Å². The minimum Gasteiger partial charge on any atom is -0.396 e. The summed E-state index contributed by atoms with van der Waals surface area (Å²) >= 11 is 0. The summed E-state index contributed by atoms with van der Waals surface area (Å²) in [5.41, 5.74) is 3.79. The predicted molar refractivity (Wildman–Crippen MR) is 244 cm³/mol. The lowest BCUT2D eigenvalue weighted by Gasteiger charge is -2.59. The van der Waals surface area contributed by atoms with Gasteiger partial charge in [-0.1, -0.05) is 104 Å². The highest BCUT2D eigenvalue weighted by Crippen LogP contribution is 2.69. The van der Waals surface area contributed by atoms with Gasteiger partial charge < -0.3 is 30.6 Å². The summed E-state index contributed by atoms with van der Waals surface area (Å²) in [5.74, 6) is 7.09. The normalized spacial score (nSPS) is 47.6. The molecule has 8 rings (SSSR count). The Labute approximate surface area is 366 Å². The lowest BCUT2D eigenvalue weighted by Crippen LogP contribution is -2.54. The van der Waals surface area contributed by atoms with Gasteiger partial charge in [0.05, 0.1) is 24.4 Å². The molecule has 0 amide bonds. The first-order chi connectivity index (χ1) is 28.4. The van der Waals surface area contributed by atoms with E-state index in [1.165, 1.54) is 88.2 Å². The summed E-state index contributed by atoms with van der Waals surface area (Å²) < 4.78 is 0. The van der Waals surface area contributed by atoms with Crippen LogP contribution in [0.3, 0.4) is 0 Å². The van der Waals surface area contributed by atoms with E-state index in [2.05, 4.69) is 67.5 Å². The topological polar surface area (TPSA) is 121 Å². The Hall–Kier alpha value is -0.760.